The van der Waals surface area contributed by atoms with Gasteiger partial charge in [0.25, 0.3) is 0 Å². The first-order valence-electron chi connectivity index (χ1n) is 8.48. The van der Waals surface area contributed by atoms with E-state index in [2.05, 4.69) is 17.1 Å². The van der Waals surface area contributed by atoms with Crippen LogP contribution in [0, 0.1) is 0 Å². The lowest BCUT2D eigenvalue weighted by atomic mass is 9.81. The molecule has 0 aliphatic carbocycles. The van der Waals surface area contributed by atoms with Crippen LogP contribution in [0.2, 0.25) is 0 Å². The molecule has 3 N–H and O–H groups in total. The number of carbonyl (C=O) groups is 1. The highest BCUT2D eigenvalue weighted by atomic mass is 16.1. The van der Waals surface area contributed by atoms with Gasteiger partial charge in [-0.05, 0) is 58.0 Å². The maximum Gasteiger partial charge on any atom is 0.217 e. The molecular formula is C16H31N3O. The molecule has 0 aromatic carbocycles. The van der Waals surface area contributed by atoms with Crippen LogP contribution in [0.15, 0.2) is 0 Å². The van der Waals surface area contributed by atoms with E-state index in [-0.39, 0.29) is 5.91 Å². The number of amides is 1. The number of hydrogen-bond acceptors (Lipinski definition) is 3. The summed E-state index contributed by atoms with van der Waals surface area (Å²) in [6.07, 6.45) is 10.6. The third-order valence-electron chi connectivity index (χ3n) is 4.90. The largest absolute Gasteiger partial charge is 0.370 e. The van der Waals surface area contributed by atoms with Gasteiger partial charge in [-0.15, -0.1) is 0 Å². The molecule has 116 valence electrons. The highest BCUT2D eigenvalue weighted by Gasteiger charge is 2.37. The summed E-state index contributed by atoms with van der Waals surface area (Å²) in [4.78, 5) is 13.5. The minimum Gasteiger partial charge on any atom is -0.370 e. The molecule has 2 atom stereocenters. The maximum atomic E-state index is 10.8. The van der Waals surface area contributed by atoms with Crippen LogP contribution >= 0.6 is 0 Å². The van der Waals surface area contributed by atoms with Crippen molar-refractivity contribution in [1.29, 1.82) is 0 Å². The molecule has 0 radical (unpaired) electrons. The Morgan fingerprint density at radius 3 is 2.55 bits per heavy atom. The molecule has 1 amide bonds. The lowest BCUT2D eigenvalue weighted by Gasteiger charge is -2.49. The molecule has 0 aromatic heterocycles. The van der Waals surface area contributed by atoms with E-state index in [1.54, 1.807) is 0 Å². The van der Waals surface area contributed by atoms with Crippen molar-refractivity contribution in [3.63, 3.8) is 0 Å². The summed E-state index contributed by atoms with van der Waals surface area (Å²) >= 11 is 0. The van der Waals surface area contributed by atoms with Crippen LogP contribution in [0.1, 0.15) is 64.7 Å². The number of fused-ring (bicyclic) bond motifs is 2. The van der Waals surface area contributed by atoms with E-state index >= 15 is 0 Å². The highest BCUT2D eigenvalue weighted by molar-refractivity contribution is 5.73. The van der Waals surface area contributed by atoms with E-state index in [1.807, 2.05) is 0 Å². The van der Waals surface area contributed by atoms with E-state index < -0.39 is 0 Å². The fraction of sp³-hybridized carbons (Fsp3) is 0.938. The zero-order chi connectivity index (χ0) is 14.4. The Kier molecular flexibility index (Phi) is 6.30. The van der Waals surface area contributed by atoms with E-state index in [0.29, 0.717) is 6.42 Å². The fourth-order valence-electron chi connectivity index (χ4n) is 3.95. The van der Waals surface area contributed by atoms with Gasteiger partial charge in [-0.25, -0.2) is 0 Å². The van der Waals surface area contributed by atoms with Crippen molar-refractivity contribution >= 4 is 5.91 Å². The minimum atomic E-state index is -0.160. The van der Waals surface area contributed by atoms with Crippen LogP contribution in [-0.2, 0) is 4.79 Å². The summed E-state index contributed by atoms with van der Waals surface area (Å²) in [5, 5.41) is 3.71. The molecule has 2 bridgehead atoms. The summed E-state index contributed by atoms with van der Waals surface area (Å²) in [6, 6.07) is 2.27. The second kappa shape index (κ2) is 7.99. The van der Waals surface area contributed by atoms with E-state index in [9.17, 15) is 4.79 Å². The molecular weight excluding hydrogens is 250 g/mol. The number of nitrogens with one attached hydrogen (secondary N) is 1. The fourth-order valence-corrected chi connectivity index (χ4v) is 3.95. The van der Waals surface area contributed by atoms with E-state index in [4.69, 9.17) is 5.73 Å². The quantitative estimate of drug-likeness (QED) is 0.669. The standard InChI is InChI=1S/C16H31N3O/c1-2-9-18-13-11-14-6-5-7-15(12-13)19(14)10-4-3-8-16(17)20/h13-15,18H,2-12H2,1H3,(H2,17,20). The SMILES string of the molecule is CCCNC1CC2CCCC(C1)N2CCCCC(N)=O. The maximum absolute atomic E-state index is 10.8. The average Bonchev–Trinajstić information content (AvgIpc) is 2.40. The first kappa shape index (κ1) is 15.8. The van der Waals surface area contributed by atoms with Gasteiger partial charge in [0.05, 0.1) is 0 Å². The van der Waals surface area contributed by atoms with Gasteiger partial charge >= 0.3 is 0 Å². The van der Waals surface area contributed by atoms with Crippen LogP contribution in [0.3, 0.4) is 0 Å². The Hall–Kier alpha value is -0.610. The van der Waals surface area contributed by atoms with Crippen LogP contribution in [0.25, 0.3) is 0 Å². The second-order valence-electron chi connectivity index (χ2n) is 6.52. The number of piperidine rings is 2. The molecule has 2 aliphatic rings. The molecule has 0 saturated carbocycles. The van der Waals surface area contributed by atoms with Gasteiger partial charge in [-0.2, -0.15) is 0 Å². The number of unbranched alkanes of at least 4 members (excludes halogenated alkanes) is 1. The van der Waals surface area contributed by atoms with E-state index in [0.717, 1.165) is 44.1 Å². The molecule has 4 heteroatoms. The van der Waals surface area contributed by atoms with E-state index in [1.165, 1.54) is 38.5 Å². The molecule has 2 rings (SSSR count). The normalized spacial score (nSPS) is 30.4. The van der Waals surface area contributed by atoms with Crippen molar-refractivity contribution in [2.75, 3.05) is 13.1 Å². The number of nitrogens with two attached hydrogens (primary N) is 1. The first-order valence-corrected chi connectivity index (χ1v) is 8.48. The smallest absolute Gasteiger partial charge is 0.217 e. The molecule has 2 heterocycles. The Morgan fingerprint density at radius 2 is 1.95 bits per heavy atom. The Balaban J connectivity index is 1.77. The Bertz CT molecular complexity index is 294. The molecule has 4 nitrogen and oxygen atoms in total. The summed E-state index contributed by atoms with van der Waals surface area (Å²) < 4.78 is 0. The topological polar surface area (TPSA) is 58.4 Å². The summed E-state index contributed by atoms with van der Waals surface area (Å²) in [5.74, 6) is -0.160. The van der Waals surface area contributed by atoms with Gasteiger partial charge in [-0.1, -0.05) is 13.3 Å². The summed E-state index contributed by atoms with van der Waals surface area (Å²) in [6.45, 7) is 4.55. The lowest BCUT2D eigenvalue weighted by molar-refractivity contribution is -0.118. The van der Waals surface area contributed by atoms with Gasteiger partial charge < -0.3 is 11.1 Å². The third-order valence-corrected chi connectivity index (χ3v) is 4.90. The number of hydrogen-bond donors (Lipinski definition) is 2. The minimum absolute atomic E-state index is 0.160. The van der Waals surface area contributed by atoms with Crippen molar-refractivity contribution in [2.45, 2.75) is 82.8 Å². The zero-order valence-corrected chi connectivity index (χ0v) is 12.9. The van der Waals surface area contributed by atoms with Gasteiger partial charge in [-0.3, -0.25) is 9.69 Å². The predicted molar refractivity (Wildman–Crippen MR) is 82.5 cm³/mol. The molecule has 0 aromatic rings. The van der Waals surface area contributed by atoms with Crippen molar-refractivity contribution in [2.24, 2.45) is 5.73 Å². The summed E-state index contributed by atoms with van der Waals surface area (Å²) in [5.41, 5.74) is 5.21. The third kappa shape index (κ3) is 4.45. The number of rotatable bonds is 8. The average molecular weight is 281 g/mol. The van der Waals surface area contributed by atoms with Crippen molar-refractivity contribution in [1.82, 2.24) is 10.2 Å². The Morgan fingerprint density at radius 1 is 1.25 bits per heavy atom. The predicted octanol–water partition coefficient (Wildman–Crippen LogP) is 2.03. The molecule has 20 heavy (non-hydrogen) atoms. The molecule has 0 spiro atoms. The van der Waals surface area contributed by atoms with Crippen molar-refractivity contribution in [3.8, 4) is 0 Å². The van der Waals surface area contributed by atoms with Gasteiger partial charge in [0.15, 0.2) is 0 Å². The van der Waals surface area contributed by atoms with Crippen LogP contribution in [0.4, 0.5) is 0 Å². The van der Waals surface area contributed by atoms with Crippen molar-refractivity contribution in [3.05, 3.63) is 0 Å². The molecule has 2 fully saturated rings. The molecule has 2 saturated heterocycles. The second-order valence-corrected chi connectivity index (χ2v) is 6.52. The molecule has 2 aliphatic heterocycles. The monoisotopic (exact) mass is 281 g/mol. The molecule has 2 unspecified atom stereocenters. The first-order chi connectivity index (χ1) is 9.70. The van der Waals surface area contributed by atoms with Gasteiger partial charge in [0.2, 0.25) is 5.91 Å². The Labute approximate surface area is 123 Å². The van der Waals surface area contributed by atoms with Crippen LogP contribution < -0.4 is 11.1 Å². The number of nitrogens with zero attached hydrogens (tertiary/aromatic N) is 1. The van der Waals surface area contributed by atoms with Crippen LogP contribution in [0.5, 0.6) is 0 Å². The van der Waals surface area contributed by atoms with Crippen molar-refractivity contribution < 1.29 is 4.79 Å². The summed E-state index contributed by atoms with van der Waals surface area (Å²) in [7, 11) is 0. The highest BCUT2D eigenvalue weighted by Crippen LogP contribution is 2.34. The van der Waals surface area contributed by atoms with Gasteiger partial charge in [0.1, 0.15) is 0 Å². The lowest BCUT2D eigenvalue weighted by Crippen LogP contribution is -2.56. The van der Waals surface area contributed by atoms with Gasteiger partial charge in [0, 0.05) is 24.5 Å². The van der Waals surface area contributed by atoms with Crippen LogP contribution in [-0.4, -0.2) is 42.0 Å². The zero-order valence-electron chi connectivity index (χ0n) is 12.9. The number of primary amides is 1. The number of carbonyl (C=O) groups excluding carboxylic acids is 1.